The molecule has 0 bridgehead atoms. The van der Waals surface area contributed by atoms with E-state index in [0.29, 0.717) is 18.8 Å². The first-order valence-corrected chi connectivity index (χ1v) is 5.66. The molecule has 0 atom stereocenters. The van der Waals surface area contributed by atoms with Crippen LogP contribution in [0.3, 0.4) is 0 Å². The molecule has 2 aliphatic rings. The molecule has 1 aromatic carbocycles. The molecular formula is C12H13F2NO2. The fourth-order valence-corrected chi connectivity index (χ4v) is 2.17. The molecule has 0 N–H and O–H groups in total. The van der Waals surface area contributed by atoms with Crippen LogP contribution in [-0.4, -0.2) is 25.8 Å². The molecule has 0 aliphatic carbocycles. The number of anilines is 1. The maximum atomic E-state index is 13.0. The van der Waals surface area contributed by atoms with Crippen molar-refractivity contribution in [1.29, 1.82) is 0 Å². The molecule has 5 heteroatoms. The van der Waals surface area contributed by atoms with E-state index in [0.717, 1.165) is 11.4 Å². The summed E-state index contributed by atoms with van der Waals surface area (Å²) in [5.74, 6) is -1.09. The van der Waals surface area contributed by atoms with Crippen LogP contribution in [-0.2, 0) is 0 Å². The Bertz CT molecular complexity index is 427. The van der Waals surface area contributed by atoms with Crippen LogP contribution in [0, 0.1) is 0 Å². The smallest absolute Gasteiger partial charge is 0.251 e. The van der Waals surface area contributed by atoms with Crippen molar-refractivity contribution in [2.45, 2.75) is 18.8 Å². The largest absolute Gasteiger partial charge is 0.454 e. The Balaban J connectivity index is 1.77. The molecule has 0 saturated carbocycles. The quantitative estimate of drug-likeness (QED) is 0.754. The molecule has 0 aromatic heterocycles. The molecule has 1 aromatic rings. The summed E-state index contributed by atoms with van der Waals surface area (Å²) in [6, 6.07) is 5.56. The van der Waals surface area contributed by atoms with Gasteiger partial charge in [-0.3, -0.25) is 0 Å². The third-order valence-corrected chi connectivity index (χ3v) is 3.22. The van der Waals surface area contributed by atoms with E-state index in [2.05, 4.69) is 0 Å². The molecule has 17 heavy (non-hydrogen) atoms. The zero-order valence-corrected chi connectivity index (χ0v) is 9.29. The second kappa shape index (κ2) is 3.75. The summed E-state index contributed by atoms with van der Waals surface area (Å²) in [5.41, 5.74) is 0.921. The Labute approximate surface area is 97.9 Å². The van der Waals surface area contributed by atoms with E-state index in [-0.39, 0.29) is 19.6 Å². The van der Waals surface area contributed by atoms with E-state index >= 15 is 0 Å². The maximum Gasteiger partial charge on any atom is 0.251 e. The summed E-state index contributed by atoms with van der Waals surface area (Å²) in [7, 11) is 0. The molecule has 2 heterocycles. The number of fused-ring (bicyclic) bond motifs is 1. The van der Waals surface area contributed by atoms with E-state index in [4.69, 9.17) is 9.47 Å². The van der Waals surface area contributed by atoms with Crippen LogP contribution in [0.1, 0.15) is 12.8 Å². The van der Waals surface area contributed by atoms with Gasteiger partial charge in [-0.1, -0.05) is 0 Å². The molecule has 3 rings (SSSR count). The summed E-state index contributed by atoms with van der Waals surface area (Å²) in [6.07, 6.45) is -0.164. The third kappa shape index (κ3) is 2.01. The van der Waals surface area contributed by atoms with Crippen LogP contribution in [0.5, 0.6) is 11.5 Å². The number of piperidine rings is 1. The molecule has 1 saturated heterocycles. The highest BCUT2D eigenvalue weighted by atomic mass is 19.3. The van der Waals surface area contributed by atoms with Crippen LogP contribution < -0.4 is 14.4 Å². The normalized spacial score (nSPS) is 21.6. The molecule has 0 spiro atoms. The number of ether oxygens (including phenoxy) is 2. The first kappa shape index (κ1) is 10.6. The van der Waals surface area contributed by atoms with Gasteiger partial charge in [-0.05, 0) is 12.1 Å². The molecule has 0 radical (unpaired) electrons. The minimum Gasteiger partial charge on any atom is -0.454 e. The average molecular weight is 241 g/mol. The lowest BCUT2D eigenvalue weighted by Crippen LogP contribution is -2.39. The summed E-state index contributed by atoms with van der Waals surface area (Å²) in [6.45, 7) is 0.996. The van der Waals surface area contributed by atoms with Crippen molar-refractivity contribution < 1.29 is 18.3 Å². The average Bonchev–Trinajstić information content (AvgIpc) is 2.76. The van der Waals surface area contributed by atoms with Gasteiger partial charge in [0.2, 0.25) is 6.79 Å². The Hall–Kier alpha value is -1.52. The van der Waals surface area contributed by atoms with Crippen LogP contribution in [0.4, 0.5) is 14.5 Å². The molecule has 0 amide bonds. The fourth-order valence-electron chi connectivity index (χ4n) is 2.17. The van der Waals surface area contributed by atoms with Crippen molar-refractivity contribution in [3.05, 3.63) is 18.2 Å². The van der Waals surface area contributed by atoms with Gasteiger partial charge in [-0.15, -0.1) is 0 Å². The second-order valence-electron chi connectivity index (χ2n) is 4.38. The first-order valence-electron chi connectivity index (χ1n) is 5.66. The fraction of sp³-hybridized carbons (Fsp3) is 0.500. The molecular weight excluding hydrogens is 228 g/mol. The van der Waals surface area contributed by atoms with E-state index < -0.39 is 5.92 Å². The van der Waals surface area contributed by atoms with Crippen molar-refractivity contribution >= 4 is 5.69 Å². The van der Waals surface area contributed by atoms with Gasteiger partial charge >= 0.3 is 0 Å². The van der Waals surface area contributed by atoms with Crippen molar-refractivity contribution in [3.63, 3.8) is 0 Å². The number of benzene rings is 1. The van der Waals surface area contributed by atoms with Crippen molar-refractivity contribution in [2.75, 3.05) is 24.8 Å². The van der Waals surface area contributed by atoms with Gasteiger partial charge in [0, 0.05) is 37.7 Å². The zero-order valence-electron chi connectivity index (χ0n) is 9.29. The molecule has 1 fully saturated rings. The number of halogens is 2. The van der Waals surface area contributed by atoms with E-state index in [1.807, 2.05) is 23.1 Å². The highest BCUT2D eigenvalue weighted by Gasteiger charge is 2.34. The van der Waals surface area contributed by atoms with E-state index in [9.17, 15) is 8.78 Å². The lowest BCUT2D eigenvalue weighted by molar-refractivity contribution is -0.0220. The predicted molar refractivity (Wildman–Crippen MR) is 59.0 cm³/mol. The van der Waals surface area contributed by atoms with Crippen LogP contribution >= 0.6 is 0 Å². The molecule has 3 nitrogen and oxygen atoms in total. The van der Waals surface area contributed by atoms with E-state index in [1.165, 1.54) is 0 Å². The van der Waals surface area contributed by atoms with Crippen molar-refractivity contribution in [1.82, 2.24) is 0 Å². The SMILES string of the molecule is FC1(F)CCN(c2ccc3c(c2)OCO3)CC1. The Morgan fingerprint density at radius 2 is 1.76 bits per heavy atom. The zero-order chi connectivity index (χ0) is 11.9. The number of hydrogen-bond acceptors (Lipinski definition) is 3. The topological polar surface area (TPSA) is 21.7 Å². The van der Waals surface area contributed by atoms with E-state index in [1.54, 1.807) is 0 Å². The van der Waals surface area contributed by atoms with Crippen molar-refractivity contribution in [3.8, 4) is 11.5 Å². The lowest BCUT2D eigenvalue weighted by Gasteiger charge is -2.33. The van der Waals surface area contributed by atoms with Gasteiger partial charge < -0.3 is 14.4 Å². The Kier molecular flexibility index (Phi) is 2.34. The van der Waals surface area contributed by atoms with Gasteiger partial charge in [0.15, 0.2) is 11.5 Å². The highest BCUT2D eigenvalue weighted by Crippen LogP contribution is 2.37. The van der Waals surface area contributed by atoms with Gasteiger partial charge in [0.1, 0.15) is 0 Å². The van der Waals surface area contributed by atoms with Gasteiger partial charge in [-0.25, -0.2) is 8.78 Å². The molecule has 0 unspecified atom stereocenters. The van der Waals surface area contributed by atoms with Crippen LogP contribution in [0.15, 0.2) is 18.2 Å². The minimum absolute atomic E-state index is 0.0819. The highest BCUT2D eigenvalue weighted by molar-refractivity contribution is 5.57. The third-order valence-electron chi connectivity index (χ3n) is 3.22. The Morgan fingerprint density at radius 1 is 1.06 bits per heavy atom. The summed E-state index contributed by atoms with van der Waals surface area (Å²) in [4.78, 5) is 1.96. The molecule has 2 aliphatic heterocycles. The number of nitrogens with zero attached hydrogens (tertiary/aromatic N) is 1. The van der Waals surface area contributed by atoms with Gasteiger partial charge in [0.25, 0.3) is 5.92 Å². The van der Waals surface area contributed by atoms with Gasteiger partial charge in [0.05, 0.1) is 0 Å². The van der Waals surface area contributed by atoms with Crippen LogP contribution in [0.25, 0.3) is 0 Å². The summed E-state index contributed by atoms with van der Waals surface area (Å²) in [5, 5.41) is 0. The van der Waals surface area contributed by atoms with Crippen LogP contribution in [0.2, 0.25) is 0 Å². The maximum absolute atomic E-state index is 13.0. The monoisotopic (exact) mass is 241 g/mol. The Morgan fingerprint density at radius 3 is 2.53 bits per heavy atom. The standard InChI is InChI=1S/C12H13F2NO2/c13-12(14)3-5-15(6-4-12)9-1-2-10-11(7-9)17-8-16-10/h1-2,7H,3-6,8H2. The number of alkyl halides is 2. The lowest BCUT2D eigenvalue weighted by atomic mass is 10.1. The molecule has 92 valence electrons. The second-order valence-corrected chi connectivity index (χ2v) is 4.38. The van der Waals surface area contributed by atoms with Crippen molar-refractivity contribution in [2.24, 2.45) is 0 Å². The number of hydrogen-bond donors (Lipinski definition) is 0. The minimum atomic E-state index is -2.51. The first-order chi connectivity index (χ1) is 8.14. The predicted octanol–water partition coefficient (Wildman–Crippen LogP) is 2.65. The summed E-state index contributed by atoms with van der Waals surface area (Å²) < 4.78 is 36.6. The summed E-state index contributed by atoms with van der Waals surface area (Å²) >= 11 is 0. The number of rotatable bonds is 1. The van der Waals surface area contributed by atoms with Gasteiger partial charge in [-0.2, -0.15) is 0 Å².